The summed E-state index contributed by atoms with van der Waals surface area (Å²) in [5.74, 6) is 1.63. The molecule has 0 radical (unpaired) electrons. The first kappa shape index (κ1) is 14.0. The highest BCUT2D eigenvalue weighted by molar-refractivity contribution is 7.80. The second-order valence-electron chi connectivity index (χ2n) is 3.94. The van der Waals surface area contributed by atoms with Gasteiger partial charge in [-0.05, 0) is 49.5 Å². The number of anilines is 1. The number of pyridine rings is 1. The molecule has 6 heteroatoms. The van der Waals surface area contributed by atoms with Crippen molar-refractivity contribution in [3.63, 3.8) is 0 Å². The lowest BCUT2D eigenvalue weighted by atomic mass is 10.4. The Balaban J connectivity index is 1.85. The fourth-order valence-electron chi connectivity index (χ4n) is 1.44. The van der Waals surface area contributed by atoms with Gasteiger partial charge in [-0.15, -0.1) is 0 Å². The molecule has 0 saturated heterocycles. The van der Waals surface area contributed by atoms with Crippen LogP contribution in [0.2, 0.25) is 0 Å². The molecule has 0 unspecified atom stereocenters. The van der Waals surface area contributed by atoms with E-state index in [0.29, 0.717) is 11.6 Å². The van der Waals surface area contributed by atoms with Crippen LogP contribution in [0.1, 0.15) is 11.5 Å². The fourth-order valence-corrected chi connectivity index (χ4v) is 1.64. The smallest absolute Gasteiger partial charge is 0.250 e. The summed E-state index contributed by atoms with van der Waals surface area (Å²) < 4.78 is 5.31. The van der Waals surface area contributed by atoms with E-state index in [2.05, 4.69) is 15.6 Å². The second kappa shape index (κ2) is 6.63. The number of carbonyl (C=O) groups excluding carboxylic acids is 1. The Hall–Kier alpha value is -2.47. The Morgan fingerprint density at radius 1 is 1.35 bits per heavy atom. The number of amides is 1. The van der Waals surface area contributed by atoms with Gasteiger partial charge in [-0.2, -0.15) is 0 Å². The first-order chi connectivity index (χ1) is 9.63. The zero-order valence-corrected chi connectivity index (χ0v) is 11.6. The third-order valence-electron chi connectivity index (χ3n) is 2.30. The zero-order chi connectivity index (χ0) is 14.4. The van der Waals surface area contributed by atoms with Crippen molar-refractivity contribution in [1.29, 1.82) is 0 Å². The molecule has 2 aromatic rings. The summed E-state index contributed by atoms with van der Waals surface area (Å²) in [6.45, 7) is 1.84. The summed E-state index contributed by atoms with van der Waals surface area (Å²) in [5, 5.41) is 5.51. The van der Waals surface area contributed by atoms with Crippen LogP contribution in [0.4, 0.5) is 5.82 Å². The normalized spacial score (nSPS) is 10.4. The number of aryl methyl sites for hydroxylation is 1. The maximum Gasteiger partial charge on any atom is 0.250 e. The number of nitrogens with zero attached hydrogens (tertiary/aromatic N) is 1. The maximum absolute atomic E-state index is 11.6. The van der Waals surface area contributed by atoms with E-state index in [1.54, 1.807) is 30.5 Å². The lowest BCUT2D eigenvalue weighted by Gasteiger charge is -2.06. The van der Waals surface area contributed by atoms with E-state index in [1.807, 2.05) is 19.1 Å². The summed E-state index contributed by atoms with van der Waals surface area (Å²) in [4.78, 5) is 15.7. The number of hydrogen-bond acceptors (Lipinski definition) is 4. The molecule has 0 saturated carbocycles. The average Bonchev–Trinajstić information content (AvgIpc) is 2.83. The van der Waals surface area contributed by atoms with Crippen molar-refractivity contribution < 1.29 is 9.21 Å². The summed E-state index contributed by atoms with van der Waals surface area (Å²) in [6.07, 6.45) is 4.56. The molecule has 2 aromatic heterocycles. The first-order valence-electron chi connectivity index (χ1n) is 5.91. The van der Waals surface area contributed by atoms with Crippen molar-refractivity contribution in [1.82, 2.24) is 10.3 Å². The van der Waals surface area contributed by atoms with Crippen molar-refractivity contribution in [2.75, 3.05) is 5.32 Å². The maximum atomic E-state index is 11.6. The molecule has 0 aliphatic heterocycles. The zero-order valence-electron chi connectivity index (χ0n) is 10.8. The van der Waals surface area contributed by atoms with Gasteiger partial charge in [-0.3, -0.25) is 10.1 Å². The molecule has 102 valence electrons. The van der Waals surface area contributed by atoms with Crippen LogP contribution in [0.25, 0.3) is 6.08 Å². The largest absolute Gasteiger partial charge is 0.462 e. The average molecular weight is 287 g/mol. The molecule has 2 rings (SSSR count). The van der Waals surface area contributed by atoms with Gasteiger partial charge in [0.15, 0.2) is 5.11 Å². The van der Waals surface area contributed by atoms with E-state index in [4.69, 9.17) is 16.6 Å². The highest BCUT2D eigenvalue weighted by Gasteiger charge is 2.02. The van der Waals surface area contributed by atoms with Gasteiger partial charge >= 0.3 is 0 Å². The minimum atomic E-state index is -0.340. The molecular formula is C14H13N3O2S. The highest BCUT2D eigenvalue weighted by atomic mass is 32.1. The summed E-state index contributed by atoms with van der Waals surface area (Å²) in [6, 6.07) is 8.97. The van der Waals surface area contributed by atoms with Crippen molar-refractivity contribution >= 4 is 35.1 Å². The van der Waals surface area contributed by atoms with Gasteiger partial charge in [-0.25, -0.2) is 4.98 Å². The molecule has 2 heterocycles. The number of nitrogens with one attached hydrogen (secondary N) is 2. The van der Waals surface area contributed by atoms with Gasteiger partial charge in [0.25, 0.3) is 0 Å². The van der Waals surface area contributed by atoms with Gasteiger partial charge in [0.1, 0.15) is 17.3 Å². The predicted octanol–water partition coefficient (Wildman–Crippen LogP) is 2.51. The Morgan fingerprint density at radius 2 is 2.20 bits per heavy atom. The molecule has 0 fully saturated rings. The van der Waals surface area contributed by atoms with Crippen LogP contribution < -0.4 is 10.6 Å². The predicted molar refractivity (Wildman–Crippen MR) is 81.1 cm³/mol. The van der Waals surface area contributed by atoms with Crippen molar-refractivity contribution in [3.05, 3.63) is 54.1 Å². The van der Waals surface area contributed by atoms with Gasteiger partial charge in [-0.1, -0.05) is 6.07 Å². The van der Waals surface area contributed by atoms with Crippen molar-refractivity contribution in [3.8, 4) is 0 Å². The van der Waals surface area contributed by atoms with E-state index in [0.717, 1.165) is 5.76 Å². The highest BCUT2D eigenvalue weighted by Crippen LogP contribution is 2.07. The van der Waals surface area contributed by atoms with Crippen molar-refractivity contribution in [2.45, 2.75) is 6.92 Å². The minimum absolute atomic E-state index is 0.189. The molecule has 0 spiro atoms. The van der Waals surface area contributed by atoms with E-state index in [-0.39, 0.29) is 11.0 Å². The minimum Gasteiger partial charge on any atom is -0.462 e. The van der Waals surface area contributed by atoms with Gasteiger partial charge < -0.3 is 9.73 Å². The van der Waals surface area contributed by atoms with Crippen LogP contribution in [0, 0.1) is 6.92 Å². The van der Waals surface area contributed by atoms with E-state index >= 15 is 0 Å². The van der Waals surface area contributed by atoms with Gasteiger partial charge in [0, 0.05) is 12.3 Å². The second-order valence-corrected chi connectivity index (χ2v) is 4.35. The Kier molecular flexibility index (Phi) is 4.62. The molecule has 0 aliphatic carbocycles. The third-order valence-corrected chi connectivity index (χ3v) is 2.51. The van der Waals surface area contributed by atoms with Crippen LogP contribution >= 0.6 is 12.2 Å². The molecule has 2 N–H and O–H groups in total. The van der Waals surface area contributed by atoms with E-state index < -0.39 is 0 Å². The third kappa shape index (κ3) is 4.33. The molecule has 5 nitrogen and oxygen atoms in total. The molecule has 0 aliphatic rings. The van der Waals surface area contributed by atoms with Crippen LogP contribution in [0.15, 0.2) is 47.0 Å². The topological polar surface area (TPSA) is 67.2 Å². The fraction of sp³-hybridized carbons (Fsp3) is 0.0714. The molecular weight excluding hydrogens is 274 g/mol. The lowest BCUT2D eigenvalue weighted by Crippen LogP contribution is -2.33. The summed E-state index contributed by atoms with van der Waals surface area (Å²) >= 11 is 5.01. The molecule has 0 atom stereocenters. The number of furan rings is 1. The van der Waals surface area contributed by atoms with Crippen LogP contribution in [-0.2, 0) is 4.79 Å². The van der Waals surface area contributed by atoms with E-state index in [9.17, 15) is 4.79 Å². The van der Waals surface area contributed by atoms with Crippen LogP contribution in [-0.4, -0.2) is 16.0 Å². The molecule has 0 aromatic carbocycles. The van der Waals surface area contributed by atoms with Gasteiger partial charge in [0.05, 0.1) is 0 Å². The Bertz CT molecular complexity index is 635. The Morgan fingerprint density at radius 3 is 2.85 bits per heavy atom. The standard InChI is InChI=1S/C14H13N3O2S/c1-10-5-6-11(19-10)7-8-13(18)17-14(20)16-12-4-2-3-9-15-12/h2-9H,1H3,(H2,15,16,17,18,20). The van der Waals surface area contributed by atoms with Gasteiger partial charge in [0.2, 0.25) is 5.91 Å². The summed E-state index contributed by atoms with van der Waals surface area (Å²) in [5.41, 5.74) is 0. The number of carbonyl (C=O) groups is 1. The number of hydrogen-bond donors (Lipinski definition) is 2. The number of thiocarbonyl (C=S) groups is 1. The molecule has 0 bridgehead atoms. The number of aromatic nitrogens is 1. The van der Waals surface area contributed by atoms with Crippen molar-refractivity contribution in [2.24, 2.45) is 0 Å². The molecule has 20 heavy (non-hydrogen) atoms. The monoisotopic (exact) mass is 287 g/mol. The Labute approximate surface area is 121 Å². The summed E-state index contributed by atoms with van der Waals surface area (Å²) in [7, 11) is 0. The SMILES string of the molecule is Cc1ccc(C=CC(=O)NC(=S)Nc2ccccn2)o1. The van der Waals surface area contributed by atoms with E-state index in [1.165, 1.54) is 6.08 Å². The quantitative estimate of drug-likeness (QED) is 0.670. The van der Waals surface area contributed by atoms with Crippen LogP contribution in [0.3, 0.4) is 0 Å². The molecule has 1 amide bonds. The van der Waals surface area contributed by atoms with Crippen LogP contribution in [0.5, 0.6) is 0 Å². The lowest BCUT2D eigenvalue weighted by molar-refractivity contribution is -0.115. The number of rotatable bonds is 3. The first-order valence-corrected chi connectivity index (χ1v) is 6.32.